The van der Waals surface area contributed by atoms with E-state index in [1.54, 1.807) is 0 Å². The van der Waals surface area contributed by atoms with Crippen LogP contribution in [-0.4, -0.2) is 32.2 Å². The van der Waals surface area contributed by atoms with E-state index < -0.39 is 0 Å². The van der Waals surface area contributed by atoms with E-state index in [0.29, 0.717) is 26.3 Å². The highest BCUT2D eigenvalue weighted by molar-refractivity contribution is 5.72. The summed E-state index contributed by atoms with van der Waals surface area (Å²) in [6.07, 6.45) is 0. The molecule has 0 spiro atoms. The van der Waals surface area contributed by atoms with E-state index >= 15 is 0 Å². The number of carbonyl (C=O) groups is 1. The molecule has 5 nitrogen and oxygen atoms in total. The Bertz CT molecular complexity index is 408. The molecule has 106 valence electrons. The maximum Gasteiger partial charge on any atom is 0.216 e. The van der Waals surface area contributed by atoms with Crippen LogP contribution < -0.4 is 20.1 Å². The molecule has 1 aromatic rings. The molecule has 0 fully saturated rings. The van der Waals surface area contributed by atoms with Gasteiger partial charge in [-0.1, -0.05) is 0 Å². The first kappa shape index (κ1) is 15.1. The Labute approximate surface area is 114 Å². The van der Waals surface area contributed by atoms with Crippen LogP contribution in [0.5, 0.6) is 11.5 Å². The average Bonchev–Trinajstić information content (AvgIpc) is 2.37. The quantitative estimate of drug-likeness (QED) is 0.707. The zero-order valence-corrected chi connectivity index (χ0v) is 11.8. The fourth-order valence-electron chi connectivity index (χ4n) is 1.62. The third-order valence-electron chi connectivity index (χ3n) is 2.38. The van der Waals surface area contributed by atoms with Crippen molar-refractivity contribution in [1.82, 2.24) is 5.32 Å². The Morgan fingerprint density at radius 1 is 1.16 bits per heavy atom. The molecule has 19 heavy (non-hydrogen) atoms. The Kier molecular flexibility index (Phi) is 6.57. The Balaban J connectivity index is 2.64. The molecule has 0 saturated heterocycles. The largest absolute Gasteiger partial charge is 0.494 e. The van der Waals surface area contributed by atoms with Gasteiger partial charge in [-0.2, -0.15) is 0 Å². The van der Waals surface area contributed by atoms with Gasteiger partial charge in [-0.3, -0.25) is 4.79 Å². The van der Waals surface area contributed by atoms with Crippen molar-refractivity contribution < 1.29 is 14.3 Å². The molecule has 0 aliphatic heterocycles. The van der Waals surface area contributed by atoms with Crippen molar-refractivity contribution in [3.05, 3.63) is 18.2 Å². The highest BCUT2D eigenvalue weighted by Crippen LogP contribution is 2.29. The summed E-state index contributed by atoms with van der Waals surface area (Å²) in [5.74, 6) is 1.55. The third-order valence-corrected chi connectivity index (χ3v) is 2.38. The summed E-state index contributed by atoms with van der Waals surface area (Å²) in [7, 11) is 0. The van der Waals surface area contributed by atoms with E-state index in [1.807, 2.05) is 32.0 Å². The van der Waals surface area contributed by atoms with Crippen molar-refractivity contribution in [3.8, 4) is 11.5 Å². The van der Waals surface area contributed by atoms with Crippen LogP contribution in [0, 0.1) is 0 Å². The Morgan fingerprint density at radius 2 is 1.89 bits per heavy atom. The van der Waals surface area contributed by atoms with Gasteiger partial charge in [0.15, 0.2) is 0 Å². The molecule has 1 rings (SSSR count). The number of hydrogen-bond donors (Lipinski definition) is 2. The number of amides is 1. The summed E-state index contributed by atoms with van der Waals surface area (Å²) >= 11 is 0. The van der Waals surface area contributed by atoms with E-state index in [4.69, 9.17) is 9.47 Å². The summed E-state index contributed by atoms with van der Waals surface area (Å²) in [5, 5.41) is 5.97. The van der Waals surface area contributed by atoms with Crippen LogP contribution in [0.2, 0.25) is 0 Å². The topological polar surface area (TPSA) is 59.6 Å². The van der Waals surface area contributed by atoms with Crippen LogP contribution in [0.25, 0.3) is 0 Å². The molecule has 0 atom stereocenters. The van der Waals surface area contributed by atoms with Gasteiger partial charge in [0.1, 0.15) is 11.5 Å². The second kappa shape index (κ2) is 8.24. The van der Waals surface area contributed by atoms with Crippen LogP contribution in [0.3, 0.4) is 0 Å². The number of hydrogen-bond acceptors (Lipinski definition) is 4. The van der Waals surface area contributed by atoms with Gasteiger partial charge in [-0.15, -0.1) is 0 Å². The molecular formula is C14H22N2O3. The molecular weight excluding hydrogens is 244 g/mol. The molecule has 0 heterocycles. The number of rotatable bonds is 8. The molecule has 0 aliphatic carbocycles. The lowest BCUT2D eigenvalue weighted by Gasteiger charge is -2.14. The third kappa shape index (κ3) is 5.50. The lowest BCUT2D eigenvalue weighted by atomic mass is 10.2. The molecule has 0 radical (unpaired) electrons. The van der Waals surface area contributed by atoms with Crippen molar-refractivity contribution in [2.24, 2.45) is 0 Å². The molecule has 0 bridgehead atoms. The first-order valence-corrected chi connectivity index (χ1v) is 6.55. The van der Waals surface area contributed by atoms with E-state index in [1.165, 1.54) is 6.92 Å². The van der Waals surface area contributed by atoms with Crippen LogP contribution in [0.4, 0.5) is 5.69 Å². The second-order valence-corrected chi connectivity index (χ2v) is 3.93. The number of carbonyl (C=O) groups excluding carboxylic acids is 1. The van der Waals surface area contributed by atoms with E-state index in [2.05, 4.69) is 10.6 Å². The minimum Gasteiger partial charge on any atom is -0.494 e. The summed E-state index contributed by atoms with van der Waals surface area (Å²) < 4.78 is 11.0. The fourth-order valence-corrected chi connectivity index (χ4v) is 1.62. The van der Waals surface area contributed by atoms with Gasteiger partial charge in [-0.05, 0) is 26.0 Å². The lowest BCUT2D eigenvalue weighted by molar-refractivity contribution is -0.118. The van der Waals surface area contributed by atoms with Gasteiger partial charge < -0.3 is 20.1 Å². The number of nitrogens with one attached hydrogen (secondary N) is 2. The minimum atomic E-state index is -0.0325. The molecule has 1 amide bonds. The summed E-state index contributed by atoms with van der Waals surface area (Å²) in [6, 6.07) is 5.67. The van der Waals surface area contributed by atoms with Crippen molar-refractivity contribution in [2.75, 3.05) is 31.6 Å². The van der Waals surface area contributed by atoms with Crippen LogP contribution in [-0.2, 0) is 4.79 Å². The van der Waals surface area contributed by atoms with Gasteiger partial charge in [0, 0.05) is 26.1 Å². The molecule has 5 heteroatoms. The lowest BCUT2D eigenvalue weighted by Crippen LogP contribution is -2.26. The summed E-state index contributed by atoms with van der Waals surface area (Å²) in [5.41, 5.74) is 0.873. The molecule has 0 aromatic heterocycles. The normalized spacial score (nSPS) is 9.84. The molecule has 0 saturated carbocycles. The maximum absolute atomic E-state index is 10.8. The number of anilines is 1. The minimum absolute atomic E-state index is 0.0325. The zero-order chi connectivity index (χ0) is 14.1. The van der Waals surface area contributed by atoms with Crippen molar-refractivity contribution in [1.29, 1.82) is 0 Å². The Morgan fingerprint density at radius 3 is 2.53 bits per heavy atom. The zero-order valence-electron chi connectivity index (χ0n) is 11.8. The average molecular weight is 266 g/mol. The second-order valence-electron chi connectivity index (χ2n) is 3.93. The van der Waals surface area contributed by atoms with Gasteiger partial charge >= 0.3 is 0 Å². The van der Waals surface area contributed by atoms with Crippen molar-refractivity contribution in [2.45, 2.75) is 20.8 Å². The van der Waals surface area contributed by atoms with Crippen LogP contribution in [0.15, 0.2) is 18.2 Å². The monoisotopic (exact) mass is 266 g/mol. The van der Waals surface area contributed by atoms with E-state index in [0.717, 1.165) is 17.2 Å². The van der Waals surface area contributed by atoms with Crippen molar-refractivity contribution >= 4 is 11.6 Å². The number of ether oxygens (including phenoxy) is 2. The van der Waals surface area contributed by atoms with E-state index in [-0.39, 0.29) is 5.91 Å². The molecule has 1 aromatic carbocycles. The standard InChI is InChI=1S/C14H22N2O3/c1-4-18-12-6-7-14(19-5-2)13(10-12)16-9-8-15-11(3)17/h6-7,10,16H,4-5,8-9H2,1-3H3,(H,15,17). The summed E-state index contributed by atoms with van der Waals surface area (Å²) in [6.45, 7) is 7.82. The first-order chi connectivity index (χ1) is 9.17. The SMILES string of the molecule is CCOc1ccc(OCC)c(NCCNC(C)=O)c1. The molecule has 2 N–H and O–H groups in total. The van der Waals surface area contributed by atoms with Gasteiger partial charge in [0.2, 0.25) is 5.91 Å². The smallest absolute Gasteiger partial charge is 0.216 e. The highest BCUT2D eigenvalue weighted by Gasteiger charge is 2.05. The summed E-state index contributed by atoms with van der Waals surface area (Å²) in [4.78, 5) is 10.8. The van der Waals surface area contributed by atoms with Gasteiger partial charge in [0.25, 0.3) is 0 Å². The Hall–Kier alpha value is -1.91. The first-order valence-electron chi connectivity index (χ1n) is 6.55. The predicted molar refractivity (Wildman–Crippen MR) is 76.0 cm³/mol. The number of benzene rings is 1. The van der Waals surface area contributed by atoms with Crippen molar-refractivity contribution in [3.63, 3.8) is 0 Å². The van der Waals surface area contributed by atoms with Crippen LogP contribution in [0.1, 0.15) is 20.8 Å². The predicted octanol–water partition coefficient (Wildman–Crippen LogP) is 2.03. The molecule has 0 aliphatic rings. The van der Waals surface area contributed by atoms with E-state index in [9.17, 15) is 4.79 Å². The molecule has 0 unspecified atom stereocenters. The maximum atomic E-state index is 10.8. The van der Waals surface area contributed by atoms with Crippen LogP contribution >= 0.6 is 0 Å². The van der Waals surface area contributed by atoms with Gasteiger partial charge in [0.05, 0.1) is 18.9 Å². The van der Waals surface area contributed by atoms with Gasteiger partial charge in [-0.25, -0.2) is 0 Å². The highest BCUT2D eigenvalue weighted by atomic mass is 16.5. The fraction of sp³-hybridized carbons (Fsp3) is 0.500.